The van der Waals surface area contributed by atoms with Crippen LogP contribution in [0, 0.1) is 5.41 Å². The van der Waals surface area contributed by atoms with Crippen molar-refractivity contribution in [2.45, 2.75) is 64.4 Å². The molecule has 1 aromatic carbocycles. The number of primary amides is 1. The van der Waals surface area contributed by atoms with E-state index in [0.29, 0.717) is 31.5 Å². The van der Waals surface area contributed by atoms with Crippen LogP contribution in [0.4, 0.5) is 23.8 Å². The van der Waals surface area contributed by atoms with Crippen LogP contribution in [-0.4, -0.2) is 55.2 Å². The lowest BCUT2D eigenvalue weighted by molar-refractivity contribution is -0.137. The second-order valence-corrected chi connectivity index (χ2v) is 12.2. The third-order valence-electron chi connectivity index (χ3n) is 7.59. The van der Waals surface area contributed by atoms with Gasteiger partial charge in [0.2, 0.25) is 0 Å². The van der Waals surface area contributed by atoms with E-state index in [9.17, 15) is 22.8 Å². The molecule has 1 saturated carbocycles. The van der Waals surface area contributed by atoms with Gasteiger partial charge in [-0.15, -0.1) is 0 Å². The van der Waals surface area contributed by atoms with Crippen molar-refractivity contribution in [2.24, 2.45) is 11.1 Å². The molecule has 2 amide bonds. The van der Waals surface area contributed by atoms with E-state index < -0.39 is 28.3 Å². The lowest BCUT2D eigenvalue weighted by Gasteiger charge is -2.45. The quantitative estimate of drug-likeness (QED) is 0.422. The predicted molar refractivity (Wildman–Crippen MR) is 145 cm³/mol. The van der Waals surface area contributed by atoms with Crippen LogP contribution in [-0.2, 0) is 17.5 Å². The Morgan fingerprint density at radius 1 is 1.22 bits per heavy atom. The molecule has 3 aromatic rings. The average molecular weight is 594 g/mol. The second kappa shape index (κ2) is 9.97. The maximum Gasteiger partial charge on any atom is 0.417 e. The van der Waals surface area contributed by atoms with Crippen molar-refractivity contribution in [3.63, 3.8) is 0 Å². The fraction of sp³-hybridized carbons (Fsp3) is 0.481. The Labute approximate surface area is 239 Å². The first-order chi connectivity index (χ1) is 19.1. The zero-order valence-electron chi connectivity index (χ0n) is 22.8. The van der Waals surface area contributed by atoms with Crippen molar-refractivity contribution in [1.82, 2.24) is 24.5 Å². The Morgan fingerprint density at radius 3 is 2.56 bits per heavy atom. The lowest BCUT2D eigenvalue weighted by atomic mass is 9.65. The molecule has 1 spiro atoms. The number of amides is 2. The van der Waals surface area contributed by atoms with Crippen LogP contribution in [0.1, 0.15) is 67.6 Å². The van der Waals surface area contributed by atoms with Crippen molar-refractivity contribution in [2.75, 3.05) is 18.8 Å². The Hall–Kier alpha value is -3.74. The maximum absolute atomic E-state index is 13.3. The molecule has 2 aromatic heterocycles. The Balaban J connectivity index is 1.34. The summed E-state index contributed by atoms with van der Waals surface area (Å²) in [5.74, 6) is -0.633. The highest BCUT2D eigenvalue weighted by Crippen LogP contribution is 2.55. The molecule has 1 aliphatic carbocycles. The summed E-state index contributed by atoms with van der Waals surface area (Å²) in [5.41, 5.74) is 11.4. The number of halogens is 4. The third kappa shape index (κ3) is 5.59. The molecule has 220 valence electrons. The van der Waals surface area contributed by atoms with Crippen LogP contribution >= 0.6 is 11.6 Å². The zero-order chi connectivity index (χ0) is 29.9. The minimum atomic E-state index is -4.59. The molecule has 0 atom stereocenters. The Morgan fingerprint density at radius 2 is 1.93 bits per heavy atom. The minimum Gasteiger partial charge on any atom is -0.444 e. The Bertz CT molecular complexity index is 1500. The van der Waals surface area contributed by atoms with E-state index in [4.69, 9.17) is 27.8 Å². The molecule has 0 radical (unpaired) electrons. The summed E-state index contributed by atoms with van der Waals surface area (Å²) in [6.07, 6.45) is 0.315. The van der Waals surface area contributed by atoms with Crippen LogP contribution in [0.2, 0.25) is 5.02 Å². The van der Waals surface area contributed by atoms with E-state index in [0.717, 1.165) is 12.5 Å². The summed E-state index contributed by atoms with van der Waals surface area (Å²) in [6, 6.07) is 3.59. The van der Waals surface area contributed by atoms with Crippen LogP contribution in [0.5, 0.6) is 0 Å². The summed E-state index contributed by atoms with van der Waals surface area (Å²) in [7, 11) is 0. The molecule has 5 rings (SSSR count). The molecule has 4 N–H and O–H groups in total. The van der Waals surface area contributed by atoms with Gasteiger partial charge in [0.05, 0.1) is 29.4 Å². The number of alkyl halides is 3. The van der Waals surface area contributed by atoms with Gasteiger partial charge in [-0.2, -0.15) is 23.4 Å². The molecule has 3 heterocycles. The van der Waals surface area contributed by atoms with Gasteiger partial charge in [0.1, 0.15) is 22.7 Å². The first kappa shape index (κ1) is 28.8. The monoisotopic (exact) mass is 593 g/mol. The molecular weight excluding hydrogens is 563 g/mol. The number of nitrogens with zero attached hydrogens (tertiary/aromatic N) is 5. The number of anilines is 1. The van der Waals surface area contributed by atoms with Crippen molar-refractivity contribution < 1.29 is 27.5 Å². The van der Waals surface area contributed by atoms with Gasteiger partial charge >= 0.3 is 12.3 Å². The topological polar surface area (TPSA) is 134 Å². The molecule has 0 bridgehead atoms. The zero-order valence-corrected chi connectivity index (χ0v) is 23.6. The normalized spacial score (nSPS) is 20.9. The maximum atomic E-state index is 13.3. The summed E-state index contributed by atoms with van der Waals surface area (Å²) in [5, 5.41) is 8.45. The third-order valence-corrected chi connectivity index (χ3v) is 8.04. The number of nitrogen functional groups attached to an aromatic ring is 1. The van der Waals surface area contributed by atoms with Crippen molar-refractivity contribution >= 4 is 29.4 Å². The van der Waals surface area contributed by atoms with Crippen LogP contribution in [0.15, 0.2) is 30.6 Å². The van der Waals surface area contributed by atoms with E-state index in [1.54, 1.807) is 15.8 Å². The number of carbonyl (C=O) groups excluding carboxylic acids is 2. The van der Waals surface area contributed by atoms with Gasteiger partial charge in [0, 0.05) is 24.8 Å². The van der Waals surface area contributed by atoms with Gasteiger partial charge in [-0.3, -0.25) is 9.48 Å². The number of benzene rings is 1. The summed E-state index contributed by atoms with van der Waals surface area (Å²) < 4.78 is 48.3. The number of carbonyl (C=O) groups is 2. The molecule has 1 aliphatic heterocycles. The Kier molecular flexibility index (Phi) is 6.99. The second-order valence-electron chi connectivity index (χ2n) is 11.8. The first-order valence-electron chi connectivity index (χ1n) is 13.1. The van der Waals surface area contributed by atoms with E-state index in [-0.39, 0.29) is 46.7 Å². The molecule has 14 heteroatoms. The number of ether oxygens (including phenoxy) is 1. The average Bonchev–Trinajstić information content (AvgIpc) is 3.54. The molecule has 2 fully saturated rings. The van der Waals surface area contributed by atoms with Crippen LogP contribution in [0.3, 0.4) is 0 Å². The lowest BCUT2D eigenvalue weighted by Crippen LogP contribution is -2.43. The van der Waals surface area contributed by atoms with Gasteiger partial charge in [0.15, 0.2) is 0 Å². The molecule has 1 saturated heterocycles. The van der Waals surface area contributed by atoms with Crippen molar-refractivity contribution in [3.8, 4) is 11.3 Å². The van der Waals surface area contributed by atoms with E-state index in [2.05, 4.69) is 10.2 Å². The first-order valence-corrected chi connectivity index (χ1v) is 13.5. The number of hydrogen-bond acceptors (Lipinski definition) is 6. The fourth-order valence-corrected chi connectivity index (χ4v) is 5.99. The van der Waals surface area contributed by atoms with Gasteiger partial charge < -0.3 is 21.1 Å². The van der Waals surface area contributed by atoms with E-state index >= 15 is 0 Å². The van der Waals surface area contributed by atoms with Gasteiger partial charge in [-0.1, -0.05) is 23.7 Å². The molecule has 41 heavy (non-hydrogen) atoms. The summed E-state index contributed by atoms with van der Waals surface area (Å²) in [4.78, 5) is 26.6. The molecular formula is C27H31ClF3N7O3. The van der Waals surface area contributed by atoms with E-state index in [1.165, 1.54) is 23.0 Å². The fourth-order valence-electron chi connectivity index (χ4n) is 5.70. The number of nitrogens with two attached hydrogens (primary N) is 2. The van der Waals surface area contributed by atoms with Crippen LogP contribution in [0.25, 0.3) is 11.3 Å². The summed E-state index contributed by atoms with van der Waals surface area (Å²) in [6.45, 7) is 6.62. The van der Waals surface area contributed by atoms with Crippen molar-refractivity contribution in [1.29, 1.82) is 0 Å². The number of aromatic nitrogens is 4. The van der Waals surface area contributed by atoms with Gasteiger partial charge in [0.25, 0.3) is 5.91 Å². The number of hydrogen-bond donors (Lipinski definition) is 2. The largest absolute Gasteiger partial charge is 0.444 e. The predicted octanol–water partition coefficient (Wildman–Crippen LogP) is 5.11. The van der Waals surface area contributed by atoms with Gasteiger partial charge in [-0.25, -0.2) is 9.48 Å². The van der Waals surface area contributed by atoms with Crippen LogP contribution < -0.4 is 11.5 Å². The van der Waals surface area contributed by atoms with Crippen molar-refractivity contribution in [3.05, 3.63) is 52.3 Å². The molecule has 10 nitrogen and oxygen atoms in total. The molecule has 0 unspecified atom stereocenters. The highest BCUT2D eigenvalue weighted by Gasteiger charge is 2.51. The standard InChI is InChI=1S/C27H31ClF3N7O3/c1-25(2,3)41-24(40)36-8-7-26(14-36)9-17(10-26)38-22(32)19(23(33)39)21(35-38)16-11-34-37(13-16)12-15-5-4-6-18(20(15)28)27(29,30)31/h4-6,11,13,17H,7-10,12,14,32H2,1-3H3,(H2,33,39)/t17-,26-. The number of rotatable bonds is 5. The SMILES string of the molecule is CC(C)(C)OC(=O)N1CC[C@]2(C1)C[C@H](n1nc(-c3cnn(Cc4cccc(C(F)(F)F)c4Cl)c3)c(C(N)=O)c1N)C2. The number of likely N-dealkylation sites (tertiary alicyclic amines) is 1. The minimum absolute atomic E-state index is 0.0376. The highest BCUT2D eigenvalue weighted by molar-refractivity contribution is 6.32. The van der Waals surface area contributed by atoms with E-state index in [1.807, 2.05) is 20.8 Å². The van der Waals surface area contributed by atoms with Gasteiger partial charge in [-0.05, 0) is 57.1 Å². The highest BCUT2D eigenvalue weighted by atomic mass is 35.5. The smallest absolute Gasteiger partial charge is 0.417 e. The molecule has 2 aliphatic rings. The summed E-state index contributed by atoms with van der Waals surface area (Å²) >= 11 is 6.04.